The summed E-state index contributed by atoms with van der Waals surface area (Å²) in [5.74, 6) is 0.0473. The van der Waals surface area contributed by atoms with E-state index < -0.39 is 0 Å². The highest BCUT2D eigenvalue weighted by Gasteiger charge is 2.40. The molecular weight excluding hydrogens is 358 g/mol. The van der Waals surface area contributed by atoms with Gasteiger partial charge in [-0.2, -0.15) is 0 Å². The maximum atomic E-state index is 12.4. The van der Waals surface area contributed by atoms with Crippen LogP contribution in [0, 0.1) is 0 Å². The number of carbonyl (C=O) groups is 1. The van der Waals surface area contributed by atoms with Crippen LogP contribution >= 0.6 is 39.3 Å². The van der Waals surface area contributed by atoms with Gasteiger partial charge in [0.2, 0.25) is 0 Å². The van der Waals surface area contributed by atoms with E-state index in [0.29, 0.717) is 5.02 Å². The summed E-state index contributed by atoms with van der Waals surface area (Å²) in [7, 11) is 0. The summed E-state index contributed by atoms with van der Waals surface area (Å²) >= 11 is 11.1. The van der Waals surface area contributed by atoms with Gasteiger partial charge < -0.3 is 0 Å². The van der Waals surface area contributed by atoms with Gasteiger partial charge in [0, 0.05) is 10.7 Å². The predicted molar refractivity (Wildman–Crippen MR) is 88.4 cm³/mol. The number of anilines is 1. The number of benzene rings is 2. The highest BCUT2D eigenvalue weighted by atomic mass is 79.9. The number of amides is 1. The average Bonchev–Trinajstić information content (AvgIpc) is 2.76. The Labute approximate surface area is 135 Å². The zero-order valence-corrected chi connectivity index (χ0v) is 13.5. The van der Waals surface area contributed by atoms with Crippen LogP contribution in [-0.4, -0.2) is 10.1 Å². The lowest BCUT2D eigenvalue weighted by atomic mass is 10.2. The molecule has 102 valence electrons. The maximum absolute atomic E-state index is 12.4. The zero-order valence-electron chi connectivity index (χ0n) is 10.4. The van der Waals surface area contributed by atoms with Crippen molar-refractivity contribution in [2.45, 2.75) is 9.53 Å². The molecule has 0 bridgehead atoms. The van der Waals surface area contributed by atoms with E-state index in [9.17, 15) is 4.79 Å². The van der Waals surface area contributed by atoms with Crippen molar-refractivity contribution in [2.24, 2.45) is 0 Å². The first-order valence-corrected chi connectivity index (χ1v) is 8.33. The zero-order chi connectivity index (χ0) is 14.1. The van der Waals surface area contributed by atoms with E-state index >= 15 is 0 Å². The van der Waals surface area contributed by atoms with Crippen molar-refractivity contribution in [2.75, 3.05) is 4.90 Å². The van der Waals surface area contributed by atoms with Crippen LogP contribution in [0.15, 0.2) is 54.6 Å². The molecule has 0 radical (unpaired) electrons. The Kier molecular flexibility index (Phi) is 4.06. The van der Waals surface area contributed by atoms with Gasteiger partial charge in [-0.1, -0.05) is 63.9 Å². The molecule has 0 spiro atoms. The Morgan fingerprint density at radius 2 is 1.85 bits per heavy atom. The van der Waals surface area contributed by atoms with E-state index in [1.807, 2.05) is 54.6 Å². The number of alkyl halides is 1. The van der Waals surface area contributed by atoms with Gasteiger partial charge in [-0.05, 0) is 23.8 Å². The lowest BCUT2D eigenvalue weighted by molar-refractivity contribution is -0.116. The third-order valence-electron chi connectivity index (χ3n) is 3.09. The largest absolute Gasteiger partial charge is 0.294 e. The summed E-state index contributed by atoms with van der Waals surface area (Å²) in [6.45, 7) is 0. The fourth-order valence-corrected chi connectivity index (χ4v) is 4.33. The van der Waals surface area contributed by atoms with Crippen LogP contribution in [0.25, 0.3) is 0 Å². The smallest absolute Gasteiger partial charge is 0.252 e. The number of carbonyl (C=O) groups excluding carboxylic acids is 1. The molecule has 5 heteroatoms. The number of rotatable bonds is 2. The second-order valence-corrected chi connectivity index (χ2v) is 7.55. The third-order valence-corrected chi connectivity index (χ3v) is 5.54. The van der Waals surface area contributed by atoms with Crippen LogP contribution in [0.5, 0.6) is 0 Å². The SMILES string of the molecule is O=C1C(Br)SC(c2ccccc2)N1c1cccc(Cl)c1. The van der Waals surface area contributed by atoms with E-state index in [2.05, 4.69) is 15.9 Å². The first-order valence-electron chi connectivity index (χ1n) is 6.10. The predicted octanol–water partition coefficient (Wildman–Crippen LogP) is 4.84. The molecule has 2 nitrogen and oxygen atoms in total. The molecule has 1 heterocycles. The van der Waals surface area contributed by atoms with Gasteiger partial charge in [-0.3, -0.25) is 9.69 Å². The molecule has 1 fully saturated rings. The van der Waals surface area contributed by atoms with Gasteiger partial charge in [0.1, 0.15) is 9.53 Å². The minimum Gasteiger partial charge on any atom is -0.294 e. The van der Waals surface area contributed by atoms with Crippen LogP contribution in [0.1, 0.15) is 10.9 Å². The van der Waals surface area contributed by atoms with Crippen molar-refractivity contribution in [3.63, 3.8) is 0 Å². The lowest BCUT2D eigenvalue weighted by Gasteiger charge is -2.24. The minimum atomic E-state index is -0.230. The van der Waals surface area contributed by atoms with Crippen LogP contribution < -0.4 is 4.90 Å². The van der Waals surface area contributed by atoms with Crippen LogP contribution in [0.2, 0.25) is 5.02 Å². The summed E-state index contributed by atoms with van der Waals surface area (Å²) in [5, 5.41) is 0.594. The minimum absolute atomic E-state index is 0.0356. The molecule has 2 unspecified atom stereocenters. The summed E-state index contributed by atoms with van der Waals surface area (Å²) in [6, 6.07) is 17.4. The van der Waals surface area contributed by atoms with Crippen molar-refractivity contribution in [3.8, 4) is 0 Å². The van der Waals surface area contributed by atoms with E-state index in [4.69, 9.17) is 11.6 Å². The van der Waals surface area contributed by atoms with Crippen molar-refractivity contribution in [3.05, 3.63) is 65.2 Å². The third kappa shape index (κ3) is 2.60. The van der Waals surface area contributed by atoms with Crippen molar-refractivity contribution >= 4 is 50.9 Å². The monoisotopic (exact) mass is 367 g/mol. The first-order chi connectivity index (χ1) is 9.66. The van der Waals surface area contributed by atoms with E-state index in [1.165, 1.54) is 0 Å². The topological polar surface area (TPSA) is 20.3 Å². The molecule has 0 saturated carbocycles. The summed E-state index contributed by atoms with van der Waals surface area (Å²) < 4.78 is -0.230. The summed E-state index contributed by atoms with van der Waals surface area (Å²) in [5.41, 5.74) is 1.93. The number of hydrogen-bond acceptors (Lipinski definition) is 2. The fraction of sp³-hybridized carbons (Fsp3) is 0.133. The molecule has 2 aromatic rings. The van der Waals surface area contributed by atoms with Gasteiger partial charge in [0.05, 0.1) is 0 Å². The maximum Gasteiger partial charge on any atom is 0.252 e. The first kappa shape index (κ1) is 14.0. The Balaban J connectivity index is 2.03. The molecule has 0 N–H and O–H groups in total. The van der Waals surface area contributed by atoms with Crippen molar-refractivity contribution in [1.29, 1.82) is 0 Å². The molecule has 1 aliphatic heterocycles. The summed E-state index contributed by atoms with van der Waals surface area (Å²) in [4.78, 5) is 14.2. The Morgan fingerprint density at radius 3 is 2.55 bits per heavy atom. The highest BCUT2D eigenvalue weighted by Crippen LogP contribution is 2.47. The average molecular weight is 369 g/mol. The molecule has 2 atom stereocenters. The molecular formula is C15H11BrClNOS. The van der Waals surface area contributed by atoms with Gasteiger partial charge >= 0.3 is 0 Å². The van der Waals surface area contributed by atoms with Crippen LogP contribution in [-0.2, 0) is 4.79 Å². The quantitative estimate of drug-likeness (QED) is 0.707. The number of thioether (sulfide) groups is 1. The molecule has 2 aromatic carbocycles. The molecule has 1 aliphatic rings. The van der Waals surface area contributed by atoms with E-state index in [0.717, 1.165) is 11.3 Å². The Bertz CT molecular complexity index is 637. The van der Waals surface area contributed by atoms with Crippen LogP contribution in [0.3, 0.4) is 0 Å². The number of halogens is 2. The van der Waals surface area contributed by atoms with Gasteiger partial charge in [-0.25, -0.2) is 0 Å². The number of hydrogen-bond donors (Lipinski definition) is 0. The Hall–Kier alpha value is -0.970. The fourth-order valence-electron chi connectivity index (χ4n) is 2.19. The van der Waals surface area contributed by atoms with E-state index in [-0.39, 0.29) is 15.4 Å². The van der Waals surface area contributed by atoms with Gasteiger partial charge in [-0.15, -0.1) is 11.8 Å². The second kappa shape index (κ2) is 5.80. The molecule has 0 aliphatic carbocycles. The van der Waals surface area contributed by atoms with Gasteiger partial charge in [0.25, 0.3) is 5.91 Å². The second-order valence-electron chi connectivity index (χ2n) is 4.40. The van der Waals surface area contributed by atoms with E-state index in [1.54, 1.807) is 16.7 Å². The standard InChI is InChI=1S/C15H11BrClNOS/c16-13-14(19)18(12-8-4-7-11(17)9-12)15(20-13)10-5-2-1-3-6-10/h1-9,13,15H. The highest BCUT2D eigenvalue weighted by molar-refractivity contribution is 9.11. The molecule has 20 heavy (non-hydrogen) atoms. The normalized spacial score (nSPS) is 22.3. The lowest BCUT2D eigenvalue weighted by Crippen LogP contribution is -2.29. The molecule has 1 saturated heterocycles. The summed E-state index contributed by atoms with van der Waals surface area (Å²) in [6.07, 6.45) is 0. The van der Waals surface area contributed by atoms with Gasteiger partial charge in [0.15, 0.2) is 0 Å². The van der Waals surface area contributed by atoms with Crippen LogP contribution in [0.4, 0.5) is 5.69 Å². The molecule has 0 aromatic heterocycles. The van der Waals surface area contributed by atoms with Crippen molar-refractivity contribution < 1.29 is 4.79 Å². The molecule has 1 amide bonds. The van der Waals surface area contributed by atoms with Crippen molar-refractivity contribution in [1.82, 2.24) is 0 Å². The number of nitrogens with zero attached hydrogens (tertiary/aromatic N) is 1. The molecule has 3 rings (SSSR count). The Morgan fingerprint density at radius 1 is 1.10 bits per heavy atom.